The van der Waals surface area contributed by atoms with Gasteiger partial charge in [-0.1, -0.05) is 11.0 Å². The predicted molar refractivity (Wildman–Crippen MR) is 51.0 cm³/mol. The predicted octanol–water partition coefficient (Wildman–Crippen LogP) is 0.481. The van der Waals surface area contributed by atoms with Crippen molar-refractivity contribution in [2.75, 3.05) is 19.8 Å². The molecule has 2 rings (SSSR count). The van der Waals surface area contributed by atoms with Gasteiger partial charge in [0.05, 0.1) is 25.4 Å². The molecule has 2 saturated heterocycles. The third-order valence-corrected chi connectivity index (χ3v) is 2.56. The van der Waals surface area contributed by atoms with Gasteiger partial charge in [-0.05, 0) is 5.53 Å². The van der Waals surface area contributed by atoms with E-state index in [1.165, 1.54) is 0 Å². The van der Waals surface area contributed by atoms with Gasteiger partial charge in [-0.2, -0.15) is 0 Å². The summed E-state index contributed by atoms with van der Waals surface area (Å²) in [6.45, 7) is 1.07. The number of fused-ring (bicyclic) bond motifs is 1. The van der Waals surface area contributed by atoms with Crippen molar-refractivity contribution >= 4 is 0 Å². The summed E-state index contributed by atoms with van der Waals surface area (Å²) in [6.07, 6.45) is 4.60. The minimum Gasteiger partial charge on any atom is -0.372 e. The third-order valence-electron chi connectivity index (χ3n) is 2.56. The number of ether oxygens (including phenoxy) is 3. The molecule has 2 fully saturated rings. The molecule has 0 aromatic rings. The Hall–Kier alpha value is -1.25. The van der Waals surface area contributed by atoms with Crippen LogP contribution in [0.5, 0.6) is 0 Å². The van der Waals surface area contributed by atoms with E-state index in [0.717, 1.165) is 0 Å². The van der Waals surface area contributed by atoms with Gasteiger partial charge in [0.1, 0.15) is 18.8 Å². The highest BCUT2D eigenvalue weighted by Gasteiger charge is 2.47. The Morgan fingerprint density at radius 3 is 3.00 bits per heavy atom. The quantitative estimate of drug-likeness (QED) is 0.293. The van der Waals surface area contributed by atoms with Crippen LogP contribution in [0.2, 0.25) is 0 Å². The van der Waals surface area contributed by atoms with Crippen LogP contribution in [0.1, 0.15) is 0 Å². The Balaban J connectivity index is 1.96. The van der Waals surface area contributed by atoms with Crippen molar-refractivity contribution < 1.29 is 14.2 Å². The zero-order chi connectivity index (χ0) is 10.7. The smallest absolute Gasteiger partial charge is 0.113 e. The van der Waals surface area contributed by atoms with Crippen LogP contribution in [0, 0.1) is 12.3 Å². The minimum atomic E-state index is -0.251. The summed E-state index contributed by atoms with van der Waals surface area (Å²) in [5.74, 6) is 2.40. The Morgan fingerprint density at radius 2 is 2.27 bits per heavy atom. The van der Waals surface area contributed by atoms with E-state index in [2.05, 4.69) is 15.9 Å². The van der Waals surface area contributed by atoms with E-state index in [-0.39, 0.29) is 31.0 Å². The maximum absolute atomic E-state index is 8.34. The topological polar surface area (TPSA) is 76.5 Å². The van der Waals surface area contributed by atoms with Crippen molar-refractivity contribution in [3.8, 4) is 12.3 Å². The average molecular weight is 209 g/mol. The molecule has 2 heterocycles. The zero-order valence-electron chi connectivity index (χ0n) is 8.07. The summed E-state index contributed by atoms with van der Waals surface area (Å²) in [6, 6.07) is -0.251. The molecule has 0 N–H and O–H groups in total. The lowest BCUT2D eigenvalue weighted by Gasteiger charge is -2.14. The van der Waals surface area contributed by atoms with Crippen LogP contribution in [0.4, 0.5) is 0 Å². The summed E-state index contributed by atoms with van der Waals surface area (Å²) in [5.41, 5.74) is 8.34. The standard InChI is InChI=1S/C9H11N3O3/c1-2-3-13-7-5-15-8-6(11-12-10)4-14-9(7)8/h1,6-9H,3-5H2/t6-,7-,8-,9-/m1/s1. The van der Waals surface area contributed by atoms with Gasteiger partial charge in [-0.15, -0.1) is 6.42 Å². The summed E-state index contributed by atoms with van der Waals surface area (Å²) >= 11 is 0. The molecule has 6 nitrogen and oxygen atoms in total. The number of hydrogen-bond acceptors (Lipinski definition) is 4. The molecular formula is C9H11N3O3. The van der Waals surface area contributed by atoms with Crippen LogP contribution in [0.3, 0.4) is 0 Å². The third kappa shape index (κ3) is 1.91. The van der Waals surface area contributed by atoms with Crippen molar-refractivity contribution in [1.29, 1.82) is 0 Å². The minimum absolute atomic E-state index is 0.148. The summed E-state index contributed by atoms with van der Waals surface area (Å²) in [4.78, 5) is 2.76. The molecule has 2 aliphatic rings. The molecule has 0 spiro atoms. The number of rotatable bonds is 3. The molecule has 0 unspecified atom stereocenters. The fourth-order valence-electron chi connectivity index (χ4n) is 1.91. The molecule has 0 aromatic heterocycles. The van der Waals surface area contributed by atoms with Gasteiger partial charge in [0.15, 0.2) is 0 Å². The van der Waals surface area contributed by atoms with Crippen molar-refractivity contribution in [3.05, 3.63) is 10.4 Å². The van der Waals surface area contributed by atoms with E-state index in [1.54, 1.807) is 0 Å². The molecule has 0 saturated carbocycles. The molecule has 0 radical (unpaired) electrons. The summed E-state index contributed by atoms with van der Waals surface area (Å²) in [5, 5.41) is 3.62. The van der Waals surface area contributed by atoms with Crippen LogP contribution in [-0.4, -0.2) is 44.2 Å². The van der Waals surface area contributed by atoms with Crippen LogP contribution < -0.4 is 0 Å². The van der Waals surface area contributed by atoms with Gasteiger partial charge in [0.2, 0.25) is 0 Å². The maximum atomic E-state index is 8.34. The first kappa shape index (κ1) is 10.3. The van der Waals surface area contributed by atoms with E-state index < -0.39 is 0 Å². The first-order chi connectivity index (χ1) is 7.36. The van der Waals surface area contributed by atoms with Crippen LogP contribution in [0.25, 0.3) is 10.4 Å². The summed E-state index contributed by atoms with van der Waals surface area (Å²) in [7, 11) is 0. The number of terminal acetylenes is 1. The zero-order valence-corrected chi connectivity index (χ0v) is 8.07. The van der Waals surface area contributed by atoms with E-state index in [0.29, 0.717) is 13.2 Å². The molecule has 15 heavy (non-hydrogen) atoms. The molecule has 4 atom stereocenters. The molecule has 80 valence electrons. The van der Waals surface area contributed by atoms with E-state index in [1.807, 2.05) is 0 Å². The second-order valence-corrected chi connectivity index (χ2v) is 3.42. The van der Waals surface area contributed by atoms with E-state index in [4.69, 9.17) is 26.2 Å². The Kier molecular flexibility index (Phi) is 3.09. The first-order valence-electron chi connectivity index (χ1n) is 4.69. The maximum Gasteiger partial charge on any atom is 0.113 e. The summed E-state index contributed by atoms with van der Waals surface area (Å²) < 4.78 is 16.3. The molecule has 6 heteroatoms. The van der Waals surface area contributed by atoms with Crippen LogP contribution in [-0.2, 0) is 14.2 Å². The largest absolute Gasteiger partial charge is 0.372 e. The van der Waals surface area contributed by atoms with Crippen molar-refractivity contribution in [3.63, 3.8) is 0 Å². The second kappa shape index (κ2) is 4.51. The van der Waals surface area contributed by atoms with Gasteiger partial charge in [0, 0.05) is 4.91 Å². The molecule has 0 aliphatic carbocycles. The lowest BCUT2D eigenvalue weighted by molar-refractivity contribution is -0.0192. The number of hydrogen-bond donors (Lipinski definition) is 0. The second-order valence-electron chi connectivity index (χ2n) is 3.42. The van der Waals surface area contributed by atoms with Gasteiger partial charge < -0.3 is 14.2 Å². The van der Waals surface area contributed by atoms with Crippen molar-refractivity contribution in [1.82, 2.24) is 0 Å². The monoisotopic (exact) mass is 209 g/mol. The highest BCUT2D eigenvalue weighted by molar-refractivity contribution is 4.99. The molecule has 0 amide bonds. The van der Waals surface area contributed by atoms with Crippen LogP contribution >= 0.6 is 0 Å². The van der Waals surface area contributed by atoms with E-state index in [9.17, 15) is 0 Å². The van der Waals surface area contributed by atoms with Crippen molar-refractivity contribution in [2.24, 2.45) is 5.11 Å². The SMILES string of the molecule is C#CCO[C@@H]1CO[C@H]2[C@@H]1OC[C@H]2N=[N+]=[N-]. The van der Waals surface area contributed by atoms with Gasteiger partial charge in [-0.25, -0.2) is 0 Å². The van der Waals surface area contributed by atoms with Crippen LogP contribution in [0.15, 0.2) is 5.11 Å². The van der Waals surface area contributed by atoms with Gasteiger partial charge in [-0.3, -0.25) is 0 Å². The Morgan fingerprint density at radius 1 is 1.47 bits per heavy atom. The van der Waals surface area contributed by atoms with E-state index >= 15 is 0 Å². The number of nitrogens with zero attached hydrogens (tertiary/aromatic N) is 3. The fraction of sp³-hybridized carbons (Fsp3) is 0.778. The highest BCUT2D eigenvalue weighted by Crippen LogP contribution is 2.30. The highest BCUT2D eigenvalue weighted by atomic mass is 16.6. The molecule has 0 aromatic carbocycles. The Labute approximate surface area is 87.1 Å². The first-order valence-corrected chi connectivity index (χ1v) is 4.69. The number of azide groups is 1. The normalized spacial score (nSPS) is 38.1. The average Bonchev–Trinajstić information content (AvgIpc) is 2.79. The van der Waals surface area contributed by atoms with Gasteiger partial charge in [0.25, 0.3) is 0 Å². The van der Waals surface area contributed by atoms with Gasteiger partial charge >= 0.3 is 0 Å². The Bertz CT molecular complexity index is 321. The molecule has 2 aliphatic heterocycles. The fourth-order valence-corrected chi connectivity index (χ4v) is 1.91. The lowest BCUT2D eigenvalue weighted by Crippen LogP contribution is -2.32. The van der Waals surface area contributed by atoms with Crippen molar-refractivity contribution in [2.45, 2.75) is 24.4 Å². The lowest BCUT2D eigenvalue weighted by atomic mass is 10.1. The molecular weight excluding hydrogens is 198 g/mol. The molecule has 0 bridgehead atoms.